The lowest BCUT2D eigenvalue weighted by Gasteiger charge is -2.20. The van der Waals surface area contributed by atoms with Gasteiger partial charge in [-0.2, -0.15) is 5.10 Å². The molecule has 1 unspecified atom stereocenters. The number of amides is 2. The summed E-state index contributed by atoms with van der Waals surface area (Å²) in [6, 6.07) is 15.8. The minimum Gasteiger partial charge on any atom is -0.495 e. The van der Waals surface area contributed by atoms with Crippen molar-refractivity contribution >= 4 is 23.2 Å². The summed E-state index contributed by atoms with van der Waals surface area (Å²) in [5, 5.41) is 9.29. The van der Waals surface area contributed by atoms with Crippen molar-refractivity contribution in [3.8, 4) is 17.0 Å². The number of hydrogen-bond donors (Lipinski definition) is 2. The van der Waals surface area contributed by atoms with Gasteiger partial charge in [-0.15, -0.1) is 0 Å². The number of nitrogens with one attached hydrogen (secondary N) is 2. The molecule has 1 aliphatic heterocycles. The minimum atomic E-state index is -0.479. The number of nitrogens with zero attached hydrogens (tertiary/aromatic N) is 2. The Morgan fingerprint density at radius 3 is 2.74 bits per heavy atom. The van der Waals surface area contributed by atoms with E-state index in [1.165, 1.54) is 6.07 Å². The summed E-state index contributed by atoms with van der Waals surface area (Å²) in [5.41, 5.74) is 3.33. The summed E-state index contributed by atoms with van der Waals surface area (Å²) in [6.07, 6.45) is 0.129. The van der Waals surface area contributed by atoms with Gasteiger partial charge in [0, 0.05) is 30.3 Å². The van der Waals surface area contributed by atoms with Crippen molar-refractivity contribution in [1.29, 1.82) is 0 Å². The Balaban J connectivity index is 1.49. The van der Waals surface area contributed by atoms with Crippen LogP contribution in [-0.2, 0) is 9.59 Å². The van der Waals surface area contributed by atoms with Crippen LogP contribution in [0.2, 0.25) is 0 Å². The van der Waals surface area contributed by atoms with Gasteiger partial charge in [0.2, 0.25) is 11.8 Å². The molecule has 31 heavy (non-hydrogen) atoms. The molecule has 0 aliphatic carbocycles. The topological polar surface area (TPSA) is 104 Å². The quantitative estimate of drug-likeness (QED) is 0.663. The highest BCUT2D eigenvalue weighted by Crippen LogP contribution is 2.34. The second kappa shape index (κ2) is 8.43. The summed E-state index contributed by atoms with van der Waals surface area (Å²) in [7, 11) is 1.56. The van der Waals surface area contributed by atoms with E-state index in [1.807, 2.05) is 31.2 Å². The van der Waals surface area contributed by atoms with Crippen LogP contribution in [0.1, 0.15) is 12.0 Å². The van der Waals surface area contributed by atoms with Crippen LogP contribution < -0.4 is 20.5 Å². The van der Waals surface area contributed by atoms with E-state index >= 15 is 0 Å². The van der Waals surface area contributed by atoms with E-state index in [0.717, 1.165) is 11.1 Å². The Morgan fingerprint density at radius 2 is 2.00 bits per heavy atom. The van der Waals surface area contributed by atoms with Crippen molar-refractivity contribution in [2.24, 2.45) is 5.92 Å². The summed E-state index contributed by atoms with van der Waals surface area (Å²) >= 11 is 0. The summed E-state index contributed by atoms with van der Waals surface area (Å²) < 4.78 is 5.39. The van der Waals surface area contributed by atoms with Crippen LogP contribution in [0.3, 0.4) is 0 Å². The zero-order valence-corrected chi connectivity index (χ0v) is 17.2. The molecule has 2 N–H and O–H groups in total. The molecule has 1 fully saturated rings. The van der Waals surface area contributed by atoms with Gasteiger partial charge in [0.1, 0.15) is 5.75 Å². The molecule has 4 rings (SSSR count). The first-order chi connectivity index (χ1) is 14.9. The molecule has 1 atom stereocenters. The Hall–Kier alpha value is -3.94. The van der Waals surface area contributed by atoms with Gasteiger partial charge in [-0.3, -0.25) is 14.4 Å². The maximum atomic E-state index is 12.9. The van der Waals surface area contributed by atoms with E-state index in [1.54, 1.807) is 36.3 Å². The molecule has 1 aromatic heterocycles. The highest BCUT2D eigenvalue weighted by atomic mass is 16.5. The average molecular weight is 418 g/mol. The zero-order chi connectivity index (χ0) is 22.0. The van der Waals surface area contributed by atoms with E-state index in [-0.39, 0.29) is 30.3 Å². The van der Waals surface area contributed by atoms with E-state index in [2.05, 4.69) is 15.5 Å². The zero-order valence-electron chi connectivity index (χ0n) is 17.2. The fraction of sp³-hybridized carbons (Fsp3) is 0.217. The lowest BCUT2D eigenvalue weighted by molar-refractivity contribution is -0.122. The molecular formula is C23H22N4O4. The summed E-state index contributed by atoms with van der Waals surface area (Å²) in [4.78, 5) is 38.3. The standard InChI is InChI=1S/C23H22N4O4/c1-14-6-8-20(31-2)19(10-14)27-13-16(12-22(27)29)23(30)24-17-5-3-4-15(11-17)18-7-9-21(28)26-25-18/h3-11,16H,12-13H2,1-2H3,(H,24,30)(H,26,28). The van der Waals surface area contributed by atoms with E-state index in [4.69, 9.17) is 4.74 Å². The fourth-order valence-electron chi connectivity index (χ4n) is 3.63. The Kier molecular flexibility index (Phi) is 5.53. The number of methoxy groups -OCH3 is 1. The second-order valence-corrected chi connectivity index (χ2v) is 7.46. The molecule has 1 aliphatic rings. The number of aromatic nitrogens is 2. The van der Waals surface area contributed by atoms with Crippen molar-refractivity contribution in [1.82, 2.24) is 10.2 Å². The van der Waals surface area contributed by atoms with Gasteiger partial charge in [0.05, 0.1) is 24.4 Å². The molecule has 2 heterocycles. The molecule has 1 saturated heterocycles. The molecule has 0 saturated carbocycles. The fourth-order valence-corrected chi connectivity index (χ4v) is 3.63. The monoisotopic (exact) mass is 418 g/mol. The molecule has 0 bridgehead atoms. The Labute approximate surface area is 178 Å². The highest BCUT2D eigenvalue weighted by Gasteiger charge is 2.36. The van der Waals surface area contributed by atoms with Crippen LogP contribution in [0.15, 0.2) is 59.4 Å². The molecule has 2 amide bonds. The first-order valence-electron chi connectivity index (χ1n) is 9.86. The highest BCUT2D eigenvalue weighted by molar-refractivity contribution is 6.04. The van der Waals surface area contributed by atoms with Crippen molar-refractivity contribution in [3.05, 3.63) is 70.5 Å². The summed E-state index contributed by atoms with van der Waals surface area (Å²) in [5.74, 6) is -0.224. The number of carbonyl (C=O) groups excluding carboxylic acids is 2. The maximum Gasteiger partial charge on any atom is 0.264 e. The Bertz CT molecular complexity index is 1180. The largest absolute Gasteiger partial charge is 0.495 e. The third-order valence-electron chi connectivity index (χ3n) is 5.23. The van der Waals surface area contributed by atoms with Crippen LogP contribution in [0.25, 0.3) is 11.3 Å². The van der Waals surface area contributed by atoms with Gasteiger partial charge in [0.15, 0.2) is 0 Å². The molecule has 158 valence electrons. The van der Waals surface area contributed by atoms with Crippen LogP contribution >= 0.6 is 0 Å². The number of rotatable bonds is 5. The molecule has 2 aromatic carbocycles. The average Bonchev–Trinajstić information content (AvgIpc) is 3.16. The number of anilines is 2. The van der Waals surface area contributed by atoms with Crippen LogP contribution in [0.4, 0.5) is 11.4 Å². The number of aromatic amines is 1. The van der Waals surface area contributed by atoms with Crippen LogP contribution in [0, 0.1) is 12.8 Å². The number of carbonyl (C=O) groups is 2. The molecule has 3 aromatic rings. The van der Waals surface area contributed by atoms with Gasteiger partial charge in [-0.1, -0.05) is 18.2 Å². The maximum absolute atomic E-state index is 12.9. The number of ether oxygens (including phenoxy) is 1. The third-order valence-corrected chi connectivity index (χ3v) is 5.23. The van der Waals surface area contributed by atoms with Crippen LogP contribution in [0.5, 0.6) is 5.75 Å². The van der Waals surface area contributed by atoms with Gasteiger partial charge >= 0.3 is 0 Å². The smallest absolute Gasteiger partial charge is 0.264 e. The molecule has 8 heteroatoms. The van der Waals surface area contributed by atoms with Crippen molar-refractivity contribution in [2.75, 3.05) is 23.9 Å². The second-order valence-electron chi connectivity index (χ2n) is 7.46. The van der Waals surface area contributed by atoms with E-state index in [0.29, 0.717) is 22.8 Å². The van der Waals surface area contributed by atoms with Crippen molar-refractivity contribution < 1.29 is 14.3 Å². The predicted molar refractivity (Wildman–Crippen MR) is 117 cm³/mol. The van der Waals surface area contributed by atoms with Gasteiger partial charge in [-0.25, -0.2) is 5.10 Å². The third kappa shape index (κ3) is 4.32. The minimum absolute atomic E-state index is 0.116. The van der Waals surface area contributed by atoms with Gasteiger partial charge in [-0.05, 0) is 42.8 Å². The van der Waals surface area contributed by atoms with E-state index in [9.17, 15) is 14.4 Å². The SMILES string of the molecule is COc1ccc(C)cc1N1CC(C(=O)Nc2cccc(-c3ccc(=O)[nH]n3)c2)CC1=O. The predicted octanol–water partition coefficient (Wildman–Crippen LogP) is 2.75. The molecular weight excluding hydrogens is 396 g/mol. The normalized spacial score (nSPS) is 15.7. The van der Waals surface area contributed by atoms with Gasteiger partial charge < -0.3 is 15.0 Å². The lowest BCUT2D eigenvalue weighted by Crippen LogP contribution is -2.28. The first-order valence-corrected chi connectivity index (χ1v) is 9.86. The number of aryl methyl sites for hydroxylation is 1. The number of benzene rings is 2. The van der Waals surface area contributed by atoms with E-state index < -0.39 is 5.92 Å². The van der Waals surface area contributed by atoms with Crippen molar-refractivity contribution in [3.63, 3.8) is 0 Å². The van der Waals surface area contributed by atoms with Crippen molar-refractivity contribution in [2.45, 2.75) is 13.3 Å². The number of hydrogen-bond acceptors (Lipinski definition) is 5. The molecule has 8 nitrogen and oxygen atoms in total. The van der Waals surface area contributed by atoms with Gasteiger partial charge in [0.25, 0.3) is 5.56 Å². The summed E-state index contributed by atoms with van der Waals surface area (Å²) in [6.45, 7) is 2.23. The molecule has 0 spiro atoms. The number of H-pyrrole nitrogens is 1. The molecule has 0 radical (unpaired) electrons. The first kappa shape index (κ1) is 20.3. The lowest BCUT2D eigenvalue weighted by atomic mass is 10.1. The van der Waals surface area contributed by atoms with Crippen LogP contribution in [-0.4, -0.2) is 35.7 Å². The Morgan fingerprint density at radius 1 is 1.16 bits per heavy atom.